The molecule has 5 heteroatoms. The van der Waals surface area contributed by atoms with E-state index in [2.05, 4.69) is 11.4 Å². The first-order valence-electron chi connectivity index (χ1n) is 6.16. The number of nitrogens with zero attached hydrogens (tertiary/aromatic N) is 1. The van der Waals surface area contributed by atoms with Crippen LogP contribution in [-0.2, 0) is 6.54 Å². The van der Waals surface area contributed by atoms with Crippen LogP contribution in [0.3, 0.4) is 0 Å². The van der Waals surface area contributed by atoms with E-state index in [0.717, 1.165) is 10.9 Å². The number of rotatable bonds is 3. The summed E-state index contributed by atoms with van der Waals surface area (Å²) in [5.74, 6) is -0.245. The van der Waals surface area contributed by atoms with E-state index in [1.54, 1.807) is 23.5 Å². The third-order valence-corrected chi connectivity index (χ3v) is 4.05. The molecule has 1 amide bonds. The van der Waals surface area contributed by atoms with Gasteiger partial charge >= 0.3 is 0 Å². The minimum Gasteiger partial charge on any atom is -0.619 e. The number of hydrogen-bond acceptors (Lipinski definition) is 3. The van der Waals surface area contributed by atoms with Gasteiger partial charge in [-0.15, -0.1) is 11.3 Å². The molecule has 3 aromatic rings. The highest BCUT2D eigenvalue weighted by atomic mass is 32.1. The lowest BCUT2D eigenvalue weighted by Crippen LogP contribution is -2.29. The highest BCUT2D eigenvalue weighted by molar-refractivity contribution is 7.17. The van der Waals surface area contributed by atoms with Crippen LogP contribution in [0, 0.1) is 5.21 Å². The fourth-order valence-corrected chi connectivity index (χ4v) is 3.00. The zero-order valence-corrected chi connectivity index (χ0v) is 11.4. The summed E-state index contributed by atoms with van der Waals surface area (Å²) in [6.07, 6.45) is 2.62. The fourth-order valence-electron chi connectivity index (χ4n) is 2.04. The zero-order chi connectivity index (χ0) is 13.9. The molecule has 0 fully saturated rings. The number of benzene rings is 1. The zero-order valence-electron chi connectivity index (χ0n) is 10.6. The Bertz CT molecular complexity index is 767. The van der Waals surface area contributed by atoms with Crippen molar-refractivity contribution in [1.29, 1.82) is 0 Å². The van der Waals surface area contributed by atoms with E-state index in [4.69, 9.17) is 0 Å². The predicted octanol–water partition coefficient (Wildman–Crippen LogP) is 2.46. The molecular weight excluding hydrogens is 272 g/mol. The van der Waals surface area contributed by atoms with Crippen LogP contribution in [0.1, 0.15) is 15.9 Å². The van der Waals surface area contributed by atoms with Gasteiger partial charge in [0, 0.05) is 17.3 Å². The van der Waals surface area contributed by atoms with Crippen LogP contribution in [0.15, 0.2) is 54.2 Å². The summed E-state index contributed by atoms with van der Waals surface area (Å²) in [5.41, 5.74) is 1.45. The Morgan fingerprint density at radius 2 is 2.10 bits per heavy atom. The van der Waals surface area contributed by atoms with Crippen molar-refractivity contribution in [3.8, 4) is 0 Å². The summed E-state index contributed by atoms with van der Waals surface area (Å²) in [6, 6.07) is 11.3. The maximum atomic E-state index is 12.0. The van der Waals surface area contributed by atoms with E-state index in [9.17, 15) is 10.0 Å². The number of amides is 1. The second-order valence-corrected chi connectivity index (χ2v) is 5.30. The van der Waals surface area contributed by atoms with Crippen LogP contribution in [0.2, 0.25) is 0 Å². The Morgan fingerprint density at radius 3 is 2.95 bits per heavy atom. The normalized spacial score (nSPS) is 10.6. The largest absolute Gasteiger partial charge is 0.619 e. The van der Waals surface area contributed by atoms with Crippen molar-refractivity contribution in [2.45, 2.75) is 6.54 Å². The molecule has 0 aliphatic carbocycles. The van der Waals surface area contributed by atoms with Gasteiger partial charge in [0.2, 0.25) is 0 Å². The van der Waals surface area contributed by atoms with Crippen LogP contribution in [-0.4, -0.2) is 5.91 Å². The molecule has 0 spiro atoms. The lowest BCUT2D eigenvalue weighted by atomic mass is 10.2. The minimum absolute atomic E-state index is 0.245. The lowest BCUT2D eigenvalue weighted by molar-refractivity contribution is -0.605. The third-order valence-electron chi connectivity index (χ3n) is 3.04. The molecule has 3 rings (SSSR count). The van der Waals surface area contributed by atoms with Crippen molar-refractivity contribution in [3.05, 3.63) is 70.5 Å². The highest BCUT2D eigenvalue weighted by Crippen LogP contribution is 2.25. The number of thiophene rings is 1. The molecule has 0 bridgehead atoms. The summed E-state index contributed by atoms with van der Waals surface area (Å²) in [7, 11) is 0. The smallest absolute Gasteiger partial charge is 0.257 e. The van der Waals surface area contributed by atoms with E-state index in [1.807, 2.05) is 23.6 Å². The highest BCUT2D eigenvalue weighted by Gasteiger charge is 2.09. The summed E-state index contributed by atoms with van der Waals surface area (Å²) >= 11 is 1.66. The number of pyridine rings is 1. The Balaban J connectivity index is 1.75. The molecule has 4 nitrogen and oxygen atoms in total. The molecule has 0 aliphatic heterocycles. The average molecular weight is 284 g/mol. The Labute approximate surface area is 119 Å². The van der Waals surface area contributed by atoms with Gasteiger partial charge in [-0.1, -0.05) is 18.2 Å². The van der Waals surface area contributed by atoms with Crippen molar-refractivity contribution in [1.82, 2.24) is 5.32 Å². The molecule has 0 saturated heterocycles. The summed E-state index contributed by atoms with van der Waals surface area (Å²) in [4.78, 5) is 12.0. The minimum atomic E-state index is -0.245. The Hall–Kier alpha value is -2.40. The van der Waals surface area contributed by atoms with Gasteiger partial charge in [-0.05, 0) is 28.5 Å². The van der Waals surface area contributed by atoms with Gasteiger partial charge in [0.05, 0.1) is 0 Å². The van der Waals surface area contributed by atoms with E-state index in [0.29, 0.717) is 16.8 Å². The first kappa shape index (κ1) is 12.6. The third kappa shape index (κ3) is 2.48. The number of nitrogens with one attached hydrogen (secondary N) is 1. The maximum absolute atomic E-state index is 12.0. The molecule has 2 heterocycles. The number of carbonyl (C=O) groups is 1. The van der Waals surface area contributed by atoms with Gasteiger partial charge < -0.3 is 10.5 Å². The number of aromatic nitrogens is 1. The number of fused-ring (bicyclic) bond motifs is 1. The van der Waals surface area contributed by atoms with E-state index < -0.39 is 0 Å². The predicted molar refractivity (Wildman–Crippen MR) is 78.4 cm³/mol. The topological polar surface area (TPSA) is 56.0 Å². The van der Waals surface area contributed by atoms with Crippen molar-refractivity contribution < 1.29 is 9.52 Å². The monoisotopic (exact) mass is 284 g/mol. The fraction of sp³-hybridized carbons (Fsp3) is 0.0667. The summed E-state index contributed by atoms with van der Waals surface area (Å²) in [5, 5.41) is 17.2. The van der Waals surface area contributed by atoms with Gasteiger partial charge in [-0.3, -0.25) is 4.79 Å². The van der Waals surface area contributed by atoms with E-state index >= 15 is 0 Å². The van der Waals surface area contributed by atoms with Crippen LogP contribution in [0.4, 0.5) is 0 Å². The molecule has 1 N–H and O–H groups in total. The second-order valence-electron chi connectivity index (χ2n) is 4.39. The van der Waals surface area contributed by atoms with Gasteiger partial charge in [-0.2, -0.15) is 4.73 Å². The maximum Gasteiger partial charge on any atom is 0.257 e. The van der Waals surface area contributed by atoms with Crippen molar-refractivity contribution in [2.75, 3.05) is 0 Å². The summed E-state index contributed by atoms with van der Waals surface area (Å²) < 4.78 is 1.82. The van der Waals surface area contributed by atoms with Gasteiger partial charge in [0.15, 0.2) is 12.4 Å². The molecule has 0 atom stereocenters. The van der Waals surface area contributed by atoms with Crippen LogP contribution >= 0.6 is 11.3 Å². The molecular formula is C15H12N2O2S. The van der Waals surface area contributed by atoms with Gasteiger partial charge in [0.25, 0.3) is 5.91 Å². The summed E-state index contributed by atoms with van der Waals surface area (Å²) in [6.45, 7) is 0.455. The van der Waals surface area contributed by atoms with Gasteiger partial charge in [0.1, 0.15) is 5.56 Å². The van der Waals surface area contributed by atoms with Crippen LogP contribution < -0.4 is 10.0 Å². The molecule has 20 heavy (non-hydrogen) atoms. The molecule has 2 aromatic heterocycles. The molecule has 0 unspecified atom stereocenters. The quantitative estimate of drug-likeness (QED) is 0.593. The second kappa shape index (κ2) is 5.30. The molecule has 0 radical (unpaired) electrons. The van der Waals surface area contributed by atoms with Crippen molar-refractivity contribution in [3.63, 3.8) is 0 Å². The Morgan fingerprint density at radius 1 is 1.25 bits per heavy atom. The SMILES string of the molecule is O=C(NCc1csc2ccccc12)c1ccc[n+]([O-])c1. The van der Waals surface area contributed by atoms with Crippen molar-refractivity contribution in [2.24, 2.45) is 0 Å². The number of carbonyl (C=O) groups excluding carboxylic acids is 1. The first-order valence-corrected chi connectivity index (χ1v) is 7.04. The molecule has 0 saturated carbocycles. The molecule has 100 valence electrons. The Kier molecular flexibility index (Phi) is 3.35. The molecule has 0 aliphatic rings. The van der Waals surface area contributed by atoms with Crippen LogP contribution in [0.5, 0.6) is 0 Å². The standard InChI is InChI=1S/C15H12N2O2S/c18-15(11-4-3-7-17(19)9-11)16-8-12-10-20-14-6-2-1-5-13(12)14/h1-7,9-10H,8H2,(H,16,18). The lowest BCUT2D eigenvalue weighted by Gasteiger charge is -2.04. The van der Waals surface area contributed by atoms with Crippen molar-refractivity contribution >= 4 is 27.3 Å². The average Bonchev–Trinajstić information content (AvgIpc) is 2.88. The first-order chi connectivity index (χ1) is 9.74. The number of hydrogen-bond donors (Lipinski definition) is 1. The van der Waals surface area contributed by atoms with E-state index in [-0.39, 0.29) is 5.91 Å². The molecule has 1 aromatic carbocycles. The van der Waals surface area contributed by atoms with Gasteiger partial charge in [-0.25, -0.2) is 0 Å². The van der Waals surface area contributed by atoms with Crippen LogP contribution in [0.25, 0.3) is 10.1 Å². The van der Waals surface area contributed by atoms with E-state index in [1.165, 1.54) is 17.1 Å².